The molecule has 2 rings (SSSR count). The SMILES string of the molecule is CCOc1ccccc1NCC1(O)CCNCC1. The van der Waals surface area contributed by atoms with Crippen molar-refractivity contribution in [2.24, 2.45) is 0 Å². The van der Waals surface area contributed by atoms with Crippen LogP contribution in [0.25, 0.3) is 0 Å². The molecule has 4 heteroatoms. The van der Waals surface area contributed by atoms with Crippen LogP contribution in [0.3, 0.4) is 0 Å². The van der Waals surface area contributed by atoms with E-state index in [0.717, 1.165) is 37.4 Å². The molecule has 1 aliphatic rings. The van der Waals surface area contributed by atoms with Gasteiger partial charge in [-0.15, -0.1) is 0 Å². The van der Waals surface area contributed by atoms with Crippen molar-refractivity contribution in [1.29, 1.82) is 0 Å². The highest BCUT2D eigenvalue weighted by Gasteiger charge is 2.28. The van der Waals surface area contributed by atoms with E-state index in [1.54, 1.807) is 0 Å². The van der Waals surface area contributed by atoms with Crippen LogP contribution < -0.4 is 15.4 Å². The fraction of sp³-hybridized carbons (Fsp3) is 0.571. The van der Waals surface area contributed by atoms with Gasteiger partial charge in [0, 0.05) is 6.54 Å². The normalized spacial score (nSPS) is 18.3. The Labute approximate surface area is 108 Å². The third-order valence-electron chi connectivity index (χ3n) is 3.33. The van der Waals surface area contributed by atoms with Crippen LogP contribution in [0.1, 0.15) is 19.8 Å². The molecular weight excluding hydrogens is 228 g/mol. The maximum absolute atomic E-state index is 10.4. The summed E-state index contributed by atoms with van der Waals surface area (Å²) >= 11 is 0. The Morgan fingerprint density at radius 2 is 2.06 bits per heavy atom. The molecule has 0 aliphatic carbocycles. The van der Waals surface area contributed by atoms with Gasteiger partial charge in [-0.05, 0) is 45.0 Å². The summed E-state index contributed by atoms with van der Waals surface area (Å²) < 4.78 is 5.55. The standard InChI is InChI=1S/C14H22N2O2/c1-2-18-13-6-4-3-5-12(13)16-11-14(17)7-9-15-10-8-14/h3-6,15-17H,2,7-11H2,1H3. The minimum atomic E-state index is -0.607. The zero-order valence-corrected chi connectivity index (χ0v) is 10.9. The molecule has 0 radical (unpaired) electrons. The molecular formula is C14H22N2O2. The molecule has 1 fully saturated rings. The van der Waals surface area contributed by atoms with Crippen LogP contribution in [0.5, 0.6) is 5.75 Å². The second-order valence-electron chi connectivity index (χ2n) is 4.76. The molecule has 0 saturated carbocycles. The first kappa shape index (κ1) is 13.2. The lowest BCUT2D eigenvalue weighted by molar-refractivity contribution is 0.0232. The second kappa shape index (κ2) is 6.07. The Balaban J connectivity index is 1.96. The fourth-order valence-corrected chi connectivity index (χ4v) is 2.22. The quantitative estimate of drug-likeness (QED) is 0.743. The van der Waals surface area contributed by atoms with Crippen molar-refractivity contribution in [2.75, 3.05) is 31.6 Å². The molecule has 4 nitrogen and oxygen atoms in total. The molecule has 0 bridgehead atoms. The van der Waals surface area contributed by atoms with Gasteiger partial charge in [-0.3, -0.25) is 0 Å². The lowest BCUT2D eigenvalue weighted by Crippen LogP contribution is -2.46. The van der Waals surface area contributed by atoms with Gasteiger partial charge in [0.05, 0.1) is 17.9 Å². The van der Waals surface area contributed by atoms with Crippen LogP contribution in [0.4, 0.5) is 5.69 Å². The largest absolute Gasteiger partial charge is 0.492 e. The average Bonchev–Trinajstić information content (AvgIpc) is 2.39. The van der Waals surface area contributed by atoms with Crippen molar-refractivity contribution < 1.29 is 9.84 Å². The summed E-state index contributed by atoms with van der Waals surface area (Å²) in [6.45, 7) is 4.94. The van der Waals surface area contributed by atoms with E-state index in [0.29, 0.717) is 13.2 Å². The van der Waals surface area contributed by atoms with Gasteiger partial charge >= 0.3 is 0 Å². The van der Waals surface area contributed by atoms with Crippen molar-refractivity contribution in [1.82, 2.24) is 5.32 Å². The molecule has 0 aromatic heterocycles. The molecule has 0 unspecified atom stereocenters. The smallest absolute Gasteiger partial charge is 0.142 e. The third-order valence-corrected chi connectivity index (χ3v) is 3.33. The van der Waals surface area contributed by atoms with Crippen molar-refractivity contribution in [2.45, 2.75) is 25.4 Å². The maximum atomic E-state index is 10.4. The van der Waals surface area contributed by atoms with Crippen molar-refractivity contribution in [3.05, 3.63) is 24.3 Å². The highest BCUT2D eigenvalue weighted by Crippen LogP contribution is 2.26. The first-order valence-electron chi connectivity index (χ1n) is 6.62. The predicted octanol–water partition coefficient (Wildman–Crippen LogP) is 1.61. The first-order valence-corrected chi connectivity index (χ1v) is 6.62. The molecule has 18 heavy (non-hydrogen) atoms. The van der Waals surface area contributed by atoms with Crippen molar-refractivity contribution >= 4 is 5.69 Å². The first-order chi connectivity index (χ1) is 8.73. The Morgan fingerprint density at radius 1 is 1.33 bits per heavy atom. The summed E-state index contributed by atoms with van der Waals surface area (Å²) in [6.07, 6.45) is 1.58. The number of ether oxygens (including phenoxy) is 1. The van der Waals surface area contributed by atoms with Crippen LogP contribution in [-0.4, -0.2) is 36.9 Å². The molecule has 0 atom stereocenters. The van der Waals surface area contributed by atoms with Gasteiger partial charge in [0.15, 0.2) is 0 Å². The molecule has 1 heterocycles. The molecule has 1 aliphatic heterocycles. The van der Waals surface area contributed by atoms with Gasteiger partial charge in [-0.25, -0.2) is 0 Å². The number of piperidine rings is 1. The van der Waals surface area contributed by atoms with Crippen molar-refractivity contribution in [3.8, 4) is 5.75 Å². The van der Waals surface area contributed by atoms with Gasteiger partial charge in [0.1, 0.15) is 5.75 Å². The zero-order valence-electron chi connectivity index (χ0n) is 10.9. The number of para-hydroxylation sites is 2. The lowest BCUT2D eigenvalue weighted by Gasteiger charge is -2.33. The number of anilines is 1. The summed E-state index contributed by atoms with van der Waals surface area (Å²) in [4.78, 5) is 0. The van der Waals surface area contributed by atoms with E-state index in [1.165, 1.54) is 0 Å². The van der Waals surface area contributed by atoms with E-state index in [4.69, 9.17) is 4.74 Å². The summed E-state index contributed by atoms with van der Waals surface area (Å²) in [7, 11) is 0. The minimum Gasteiger partial charge on any atom is -0.492 e. The van der Waals surface area contributed by atoms with Gasteiger partial charge in [-0.2, -0.15) is 0 Å². The van der Waals surface area contributed by atoms with Crippen LogP contribution in [0.2, 0.25) is 0 Å². The number of benzene rings is 1. The highest BCUT2D eigenvalue weighted by molar-refractivity contribution is 5.56. The number of nitrogens with one attached hydrogen (secondary N) is 2. The van der Waals surface area contributed by atoms with Gasteiger partial charge in [0.25, 0.3) is 0 Å². The van der Waals surface area contributed by atoms with Crippen LogP contribution in [0.15, 0.2) is 24.3 Å². The minimum absolute atomic E-state index is 0.568. The van der Waals surface area contributed by atoms with Gasteiger partial charge < -0.3 is 20.5 Å². The Kier molecular flexibility index (Phi) is 4.44. The van der Waals surface area contributed by atoms with Crippen LogP contribution >= 0.6 is 0 Å². The topological polar surface area (TPSA) is 53.5 Å². The summed E-state index contributed by atoms with van der Waals surface area (Å²) in [5.41, 5.74) is 0.344. The van der Waals surface area contributed by atoms with Crippen LogP contribution in [-0.2, 0) is 0 Å². The molecule has 0 spiro atoms. The van der Waals surface area contributed by atoms with E-state index >= 15 is 0 Å². The Morgan fingerprint density at radius 3 is 2.78 bits per heavy atom. The number of hydrogen-bond acceptors (Lipinski definition) is 4. The van der Waals surface area contributed by atoms with E-state index in [-0.39, 0.29) is 0 Å². The summed E-state index contributed by atoms with van der Waals surface area (Å²) in [5, 5.41) is 17.0. The van der Waals surface area contributed by atoms with E-state index < -0.39 is 5.60 Å². The predicted molar refractivity (Wildman–Crippen MR) is 73.2 cm³/mol. The molecule has 3 N–H and O–H groups in total. The molecule has 1 aromatic carbocycles. The average molecular weight is 250 g/mol. The number of hydrogen-bond donors (Lipinski definition) is 3. The van der Waals surface area contributed by atoms with E-state index in [2.05, 4.69) is 10.6 Å². The fourth-order valence-electron chi connectivity index (χ4n) is 2.22. The number of aliphatic hydroxyl groups is 1. The van der Waals surface area contributed by atoms with E-state index in [1.807, 2.05) is 31.2 Å². The van der Waals surface area contributed by atoms with Gasteiger partial charge in [-0.1, -0.05) is 12.1 Å². The monoisotopic (exact) mass is 250 g/mol. The third kappa shape index (κ3) is 3.37. The lowest BCUT2D eigenvalue weighted by atomic mass is 9.92. The zero-order chi connectivity index (χ0) is 12.8. The van der Waals surface area contributed by atoms with E-state index in [9.17, 15) is 5.11 Å². The Bertz CT molecular complexity index is 376. The van der Waals surface area contributed by atoms with Gasteiger partial charge in [0.2, 0.25) is 0 Å². The molecule has 1 saturated heterocycles. The Hall–Kier alpha value is -1.26. The van der Waals surface area contributed by atoms with Crippen LogP contribution in [0, 0.1) is 0 Å². The molecule has 100 valence electrons. The molecule has 1 aromatic rings. The number of rotatable bonds is 5. The second-order valence-corrected chi connectivity index (χ2v) is 4.76. The summed E-state index contributed by atoms with van der Waals surface area (Å²) in [5.74, 6) is 0.845. The highest BCUT2D eigenvalue weighted by atomic mass is 16.5. The summed E-state index contributed by atoms with van der Waals surface area (Å²) in [6, 6.07) is 7.85. The molecule has 0 amide bonds. The maximum Gasteiger partial charge on any atom is 0.142 e. The van der Waals surface area contributed by atoms with Crippen molar-refractivity contribution in [3.63, 3.8) is 0 Å².